The Bertz CT molecular complexity index is 647. The molecule has 7 heteroatoms. The number of nitrogens with one attached hydrogen (secondary N) is 2. The molecule has 3 rings (SSSR count). The van der Waals surface area contributed by atoms with Crippen LogP contribution in [-0.4, -0.2) is 38.5 Å². The number of hydrogen-bond acceptors (Lipinski definition) is 4. The molecule has 0 bridgehead atoms. The smallest absolute Gasteiger partial charge is 0.191 e. The topological polar surface area (TPSA) is 70.6 Å². The number of hydrogen-bond donors (Lipinski definition) is 2. The van der Waals surface area contributed by atoms with Crippen LogP contribution in [0.5, 0.6) is 0 Å². The van der Waals surface area contributed by atoms with Gasteiger partial charge in [-0.1, -0.05) is 0 Å². The van der Waals surface area contributed by atoms with E-state index in [1.807, 2.05) is 0 Å². The van der Waals surface area contributed by atoms with Crippen LogP contribution in [-0.2, 0) is 16.4 Å². The number of aliphatic imine (C=N–C) groups is 1. The fourth-order valence-corrected chi connectivity index (χ4v) is 5.26. The number of nitrogens with zero attached hydrogens (tertiary/aromatic N) is 1. The van der Waals surface area contributed by atoms with Crippen molar-refractivity contribution in [1.29, 1.82) is 0 Å². The van der Waals surface area contributed by atoms with Gasteiger partial charge in [-0.3, -0.25) is 0 Å². The maximum atomic E-state index is 11.5. The van der Waals surface area contributed by atoms with E-state index in [1.165, 1.54) is 23.3 Å². The lowest BCUT2D eigenvalue weighted by Gasteiger charge is -2.14. The van der Waals surface area contributed by atoms with Crippen LogP contribution in [0.15, 0.2) is 16.4 Å². The molecule has 1 unspecified atom stereocenters. The average Bonchev–Trinajstić information content (AvgIpc) is 3.08. The van der Waals surface area contributed by atoms with Crippen molar-refractivity contribution in [1.82, 2.24) is 10.6 Å². The van der Waals surface area contributed by atoms with E-state index in [1.54, 1.807) is 11.3 Å². The second-order valence-electron chi connectivity index (χ2n) is 6.26. The van der Waals surface area contributed by atoms with Gasteiger partial charge in [-0.2, -0.15) is 0 Å². The minimum absolute atomic E-state index is 0.208. The van der Waals surface area contributed by atoms with Gasteiger partial charge in [0, 0.05) is 17.5 Å². The van der Waals surface area contributed by atoms with E-state index in [0.717, 1.165) is 12.4 Å². The van der Waals surface area contributed by atoms with Crippen molar-refractivity contribution in [2.75, 3.05) is 18.1 Å². The Labute approximate surface area is 136 Å². The van der Waals surface area contributed by atoms with E-state index >= 15 is 0 Å². The molecule has 2 fully saturated rings. The Morgan fingerprint density at radius 1 is 1.41 bits per heavy atom. The lowest BCUT2D eigenvalue weighted by atomic mass is 10.1. The van der Waals surface area contributed by atoms with Crippen molar-refractivity contribution in [2.24, 2.45) is 10.9 Å². The molecule has 2 heterocycles. The van der Waals surface area contributed by atoms with Gasteiger partial charge in [0.05, 0.1) is 18.1 Å². The van der Waals surface area contributed by atoms with Crippen molar-refractivity contribution < 1.29 is 8.42 Å². The normalized spacial score (nSPS) is 24.4. The molecule has 2 N–H and O–H groups in total. The molecule has 0 radical (unpaired) electrons. The highest BCUT2D eigenvalue weighted by molar-refractivity contribution is 7.91. The molecular weight excluding hydrogens is 318 g/mol. The van der Waals surface area contributed by atoms with Crippen LogP contribution >= 0.6 is 11.3 Å². The van der Waals surface area contributed by atoms with Crippen molar-refractivity contribution >= 4 is 27.1 Å². The number of aryl methyl sites for hydroxylation is 1. The van der Waals surface area contributed by atoms with Crippen molar-refractivity contribution in [3.05, 3.63) is 21.9 Å². The molecule has 0 spiro atoms. The summed E-state index contributed by atoms with van der Waals surface area (Å²) in [5, 5.41) is 8.83. The molecule has 22 heavy (non-hydrogen) atoms. The molecule has 122 valence electrons. The molecule has 1 atom stereocenters. The number of thiophene rings is 1. The third-order valence-electron chi connectivity index (χ3n) is 4.15. The van der Waals surface area contributed by atoms with Gasteiger partial charge in [-0.05, 0) is 49.1 Å². The van der Waals surface area contributed by atoms with Crippen LogP contribution in [0.4, 0.5) is 0 Å². The van der Waals surface area contributed by atoms with E-state index in [-0.39, 0.29) is 5.92 Å². The molecule has 2 aliphatic rings. The van der Waals surface area contributed by atoms with Gasteiger partial charge in [-0.25, -0.2) is 13.4 Å². The summed E-state index contributed by atoms with van der Waals surface area (Å²) in [6.07, 6.45) is 3.14. The zero-order valence-electron chi connectivity index (χ0n) is 12.8. The zero-order chi connectivity index (χ0) is 15.6. The SMILES string of the molecule is Cc1ccsc1CN=C(NCC1CCS(=O)(=O)C1)NC1CC1. The summed E-state index contributed by atoms with van der Waals surface area (Å²) in [6, 6.07) is 2.64. The Morgan fingerprint density at radius 2 is 2.23 bits per heavy atom. The summed E-state index contributed by atoms with van der Waals surface area (Å²) in [4.78, 5) is 5.94. The fraction of sp³-hybridized carbons (Fsp3) is 0.667. The lowest BCUT2D eigenvalue weighted by Crippen LogP contribution is -2.41. The van der Waals surface area contributed by atoms with E-state index in [0.29, 0.717) is 30.6 Å². The van der Waals surface area contributed by atoms with Crippen molar-refractivity contribution in [3.63, 3.8) is 0 Å². The minimum atomic E-state index is -2.81. The lowest BCUT2D eigenvalue weighted by molar-refractivity contribution is 0.566. The predicted octanol–water partition coefficient (Wildman–Crippen LogP) is 1.69. The summed E-state index contributed by atoms with van der Waals surface area (Å²) in [6.45, 7) is 3.46. The quantitative estimate of drug-likeness (QED) is 0.632. The highest BCUT2D eigenvalue weighted by atomic mass is 32.2. The fourth-order valence-electron chi connectivity index (χ4n) is 2.56. The molecule has 1 aliphatic carbocycles. The Morgan fingerprint density at radius 3 is 2.82 bits per heavy atom. The molecule has 1 aromatic rings. The Balaban J connectivity index is 1.56. The molecule has 1 aliphatic heterocycles. The second-order valence-corrected chi connectivity index (χ2v) is 9.49. The first-order valence-electron chi connectivity index (χ1n) is 7.80. The number of sulfone groups is 1. The van der Waals surface area contributed by atoms with Crippen LogP contribution in [0.2, 0.25) is 0 Å². The first kappa shape index (κ1) is 15.8. The highest BCUT2D eigenvalue weighted by Gasteiger charge is 2.28. The third-order valence-corrected chi connectivity index (χ3v) is 7.00. The van der Waals surface area contributed by atoms with Crippen LogP contribution in [0, 0.1) is 12.8 Å². The summed E-state index contributed by atoms with van der Waals surface area (Å²) in [7, 11) is -2.81. The zero-order valence-corrected chi connectivity index (χ0v) is 14.5. The molecule has 5 nitrogen and oxygen atoms in total. The van der Waals surface area contributed by atoms with Gasteiger partial charge in [0.2, 0.25) is 0 Å². The molecule has 1 aromatic heterocycles. The first-order chi connectivity index (χ1) is 10.5. The van der Waals surface area contributed by atoms with Gasteiger partial charge in [0.15, 0.2) is 15.8 Å². The van der Waals surface area contributed by atoms with Crippen LogP contribution in [0.1, 0.15) is 29.7 Å². The average molecular weight is 342 g/mol. The van der Waals surface area contributed by atoms with E-state index in [2.05, 4.69) is 34.0 Å². The van der Waals surface area contributed by atoms with E-state index in [9.17, 15) is 8.42 Å². The van der Waals surface area contributed by atoms with Crippen LogP contribution in [0.25, 0.3) is 0 Å². The monoisotopic (exact) mass is 341 g/mol. The predicted molar refractivity (Wildman–Crippen MR) is 91.1 cm³/mol. The standard InChI is InChI=1S/C15H23N3O2S2/c1-11-4-6-21-14(11)9-17-15(18-13-2-3-13)16-8-12-5-7-22(19,20)10-12/h4,6,12-13H,2-3,5,7-10H2,1H3,(H2,16,17,18). The van der Waals surface area contributed by atoms with Gasteiger partial charge in [-0.15, -0.1) is 11.3 Å². The molecule has 1 saturated heterocycles. The van der Waals surface area contributed by atoms with E-state index < -0.39 is 9.84 Å². The van der Waals surface area contributed by atoms with Crippen molar-refractivity contribution in [2.45, 2.75) is 38.8 Å². The number of guanidine groups is 1. The maximum Gasteiger partial charge on any atom is 0.191 e. The van der Waals surface area contributed by atoms with Gasteiger partial charge in [0.1, 0.15) is 0 Å². The summed E-state index contributed by atoms with van der Waals surface area (Å²) < 4.78 is 23.0. The second kappa shape index (κ2) is 6.58. The molecule has 0 aromatic carbocycles. The van der Waals surface area contributed by atoms with E-state index in [4.69, 9.17) is 0 Å². The Hall–Kier alpha value is -1.08. The van der Waals surface area contributed by atoms with Gasteiger partial charge in [0.25, 0.3) is 0 Å². The van der Waals surface area contributed by atoms with Gasteiger partial charge < -0.3 is 10.6 Å². The number of rotatable bonds is 5. The van der Waals surface area contributed by atoms with Crippen LogP contribution in [0.3, 0.4) is 0 Å². The third kappa shape index (κ3) is 4.46. The summed E-state index contributed by atoms with van der Waals surface area (Å²) in [5.41, 5.74) is 1.28. The molecule has 1 saturated carbocycles. The van der Waals surface area contributed by atoms with Gasteiger partial charge >= 0.3 is 0 Å². The highest BCUT2D eigenvalue weighted by Crippen LogP contribution is 2.20. The maximum absolute atomic E-state index is 11.5. The largest absolute Gasteiger partial charge is 0.356 e. The summed E-state index contributed by atoms with van der Waals surface area (Å²) >= 11 is 1.73. The Kier molecular flexibility index (Phi) is 4.73. The van der Waals surface area contributed by atoms with Crippen molar-refractivity contribution in [3.8, 4) is 0 Å². The van der Waals surface area contributed by atoms with Crippen LogP contribution < -0.4 is 10.6 Å². The first-order valence-corrected chi connectivity index (χ1v) is 10.5. The summed E-state index contributed by atoms with van der Waals surface area (Å²) in [5.74, 6) is 1.66. The minimum Gasteiger partial charge on any atom is -0.356 e. The molecular formula is C15H23N3O2S2. The molecule has 0 amide bonds.